The van der Waals surface area contributed by atoms with Crippen LogP contribution in [0, 0.1) is 0 Å². The normalized spacial score (nSPS) is 14.1. The van der Waals surface area contributed by atoms with Crippen molar-refractivity contribution in [2.75, 3.05) is 54.1 Å². The number of quaternary nitrogens is 1. The molecule has 0 aromatic heterocycles. The smallest absolute Gasteiger partial charge is 0.306 e. The summed E-state index contributed by atoms with van der Waals surface area (Å²) >= 11 is 0. The molecule has 9 heteroatoms. The van der Waals surface area contributed by atoms with Gasteiger partial charge in [-0.25, -0.2) is 0 Å². The highest BCUT2D eigenvalue weighted by Crippen LogP contribution is 2.38. The third kappa shape index (κ3) is 47.4. The molecule has 0 saturated carbocycles. The molecule has 8 nitrogen and oxygen atoms in total. The van der Waals surface area contributed by atoms with Crippen molar-refractivity contribution in [3.05, 3.63) is 48.6 Å². The number of ether oxygens (including phenoxy) is 2. The van der Waals surface area contributed by atoms with Crippen molar-refractivity contribution in [2.24, 2.45) is 0 Å². The second-order valence-electron chi connectivity index (χ2n) is 17.4. The van der Waals surface area contributed by atoms with Crippen LogP contribution in [0.5, 0.6) is 0 Å². The number of rotatable bonds is 45. The van der Waals surface area contributed by atoms with Gasteiger partial charge in [-0.05, 0) is 51.4 Å². The van der Waals surface area contributed by atoms with Crippen molar-refractivity contribution in [1.29, 1.82) is 0 Å². The van der Waals surface area contributed by atoms with Crippen molar-refractivity contribution in [1.82, 2.24) is 0 Å². The summed E-state index contributed by atoms with van der Waals surface area (Å²) in [6.45, 7) is 5.29. The van der Waals surface area contributed by atoms with Crippen LogP contribution in [0.15, 0.2) is 48.6 Å². The molecule has 2 unspecified atom stereocenters. The minimum absolute atomic E-state index is 0.0208. The zero-order valence-corrected chi connectivity index (χ0v) is 40.1. The molecule has 346 valence electrons. The molecule has 0 fully saturated rings. The summed E-state index contributed by atoms with van der Waals surface area (Å²) < 4.78 is 34.7. The van der Waals surface area contributed by atoms with Crippen LogP contribution in [0.1, 0.15) is 206 Å². The fourth-order valence-corrected chi connectivity index (χ4v) is 7.38. The zero-order valence-electron chi connectivity index (χ0n) is 39.2. The quantitative estimate of drug-likeness (QED) is 0.0198. The van der Waals surface area contributed by atoms with Gasteiger partial charge < -0.3 is 27.9 Å². The Morgan fingerprint density at radius 1 is 0.542 bits per heavy atom. The molecule has 0 aromatic rings. The Morgan fingerprint density at radius 3 is 1.47 bits per heavy atom. The van der Waals surface area contributed by atoms with Gasteiger partial charge in [0, 0.05) is 13.0 Å². The number of allylic oxidation sites excluding steroid dienone is 8. The zero-order chi connectivity index (χ0) is 43.4. The van der Waals surface area contributed by atoms with E-state index in [-0.39, 0.29) is 32.2 Å². The van der Waals surface area contributed by atoms with Gasteiger partial charge in [-0.15, -0.1) is 0 Å². The van der Waals surface area contributed by atoms with Crippen molar-refractivity contribution in [3.63, 3.8) is 0 Å². The van der Waals surface area contributed by atoms with E-state index in [0.29, 0.717) is 17.6 Å². The van der Waals surface area contributed by atoms with Crippen LogP contribution in [0.2, 0.25) is 0 Å². The van der Waals surface area contributed by atoms with E-state index in [1.54, 1.807) is 0 Å². The molecule has 0 aliphatic carbocycles. The van der Waals surface area contributed by atoms with E-state index in [2.05, 4.69) is 62.5 Å². The maximum absolute atomic E-state index is 12.7. The maximum Gasteiger partial charge on any atom is 0.306 e. The van der Waals surface area contributed by atoms with Gasteiger partial charge in [0.15, 0.2) is 0 Å². The molecule has 2 atom stereocenters. The predicted molar refractivity (Wildman–Crippen MR) is 250 cm³/mol. The third-order valence-electron chi connectivity index (χ3n) is 10.4. The van der Waals surface area contributed by atoms with Crippen LogP contribution >= 0.6 is 7.82 Å². The minimum Gasteiger partial charge on any atom is -0.756 e. The van der Waals surface area contributed by atoms with Gasteiger partial charge in [0.25, 0.3) is 7.82 Å². The lowest BCUT2D eigenvalue weighted by atomic mass is 10.0. The van der Waals surface area contributed by atoms with Crippen LogP contribution in [0.4, 0.5) is 0 Å². The van der Waals surface area contributed by atoms with E-state index in [1.807, 2.05) is 21.1 Å². The second kappa shape index (κ2) is 43.1. The highest BCUT2D eigenvalue weighted by atomic mass is 31.2. The van der Waals surface area contributed by atoms with Gasteiger partial charge >= 0.3 is 5.97 Å². The number of hydrogen-bond donors (Lipinski definition) is 0. The van der Waals surface area contributed by atoms with Crippen LogP contribution in [-0.2, 0) is 27.9 Å². The number of phosphoric ester groups is 1. The lowest BCUT2D eigenvalue weighted by molar-refractivity contribution is -0.870. The Labute approximate surface area is 365 Å². The van der Waals surface area contributed by atoms with Gasteiger partial charge in [-0.3, -0.25) is 9.36 Å². The molecule has 0 rings (SSSR count). The molecule has 0 aromatic carbocycles. The molecule has 0 bridgehead atoms. The van der Waals surface area contributed by atoms with E-state index in [0.717, 1.165) is 70.6 Å². The van der Waals surface area contributed by atoms with Gasteiger partial charge in [0.05, 0.1) is 34.4 Å². The number of carbonyl (C=O) groups is 1. The van der Waals surface area contributed by atoms with Crippen LogP contribution < -0.4 is 4.89 Å². The first-order valence-corrected chi connectivity index (χ1v) is 25.8. The molecule has 0 aliphatic rings. The average Bonchev–Trinajstić information content (AvgIpc) is 3.19. The highest BCUT2D eigenvalue weighted by molar-refractivity contribution is 7.45. The number of unbranched alkanes of at least 4 members (excludes halogenated alkanes) is 23. The standard InChI is InChI=1S/C50H94NO7P/c1-6-8-10-12-14-16-18-20-22-24-25-26-28-30-32-34-36-38-40-42-45-55-47-49(48-57-59(53,54)56-46-44-51(3,4)5)58-50(52)43-41-39-37-35-33-31-29-27-23-21-19-17-15-13-11-9-7-2/h9,11,15,17,21,23,29,31,49H,6-8,10,12-14,16,18-20,22,24-28,30,32-48H2,1-5H3/b11-9-,17-15-,23-21-,31-29-. The van der Waals surface area contributed by atoms with Crippen LogP contribution in [-0.4, -0.2) is 70.7 Å². The van der Waals surface area contributed by atoms with Crippen molar-refractivity contribution >= 4 is 13.8 Å². The molecule has 0 aliphatic heterocycles. The predicted octanol–water partition coefficient (Wildman–Crippen LogP) is 14.1. The number of likely N-dealkylation sites (N-methyl/N-ethyl adjacent to an activating group) is 1. The van der Waals surface area contributed by atoms with E-state index in [4.69, 9.17) is 18.5 Å². The molecular weight excluding hydrogens is 758 g/mol. The molecule has 0 radical (unpaired) electrons. The first kappa shape index (κ1) is 57.5. The Hall–Kier alpha value is -1.54. The topological polar surface area (TPSA) is 94.1 Å². The molecule has 59 heavy (non-hydrogen) atoms. The van der Waals surface area contributed by atoms with E-state index in [1.165, 1.54) is 116 Å². The molecule has 0 N–H and O–H groups in total. The first-order valence-electron chi connectivity index (χ1n) is 24.4. The van der Waals surface area contributed by atoms with Crippen LogP contribution in [0.3, 0.4) is 0 Å². The third-order valence-corrected chi connectivity index (χ3v) is 11.4. The summed E-state index contributed by atoms with van der Waals surface area (Å²) in [6, 6.07) is 0. The van der Waals surface area contributed by atoms with Crippen molar-refractivity contribution in [3.8, 4) is 0 Å². The fourth-order valence-electron chi connectivity index (χ4n) is 6.66. The monoisotopic (exact) mass is 852 g/mol. The number of carbonyl (C=O) groups excluding carboxylic acids is 1. The van der Waals surface area contributed by atoms with E-state index >= 15 is 0 Å². The molecule has 0 spiro atoms. The Morgan fingerprint density at radius 2 is 0.983 bits per heavy atom. The summed E-state index contributed by atoms with van der Waals surface area (Å²) in [5.41, 5.74) is 0. The van der Waals surface area contributed by atoms with Gasteiger partial charge in [-0.1, -0.05) is 197 Å². The summed E-state index contributed by atoms with van der Waals surface area (Å²) in [4.78, 5) is 25.1. The number of hydrogen-bond acceptors (Lipinski definition) is 7. The molecule has 0 heterocycles. The highest BCUT2D eigenvalue weighted by Gasteiger charge is 2.20. The lowest BCUT2D eigenvalue weighted by Crippen LogP contribution is -2.37. The Balaban J connectivity index is 4.19. The van der Waals surface area contributed by atoms with E-state index in [9.17, 15) is 14.3 Å². The second-order valence-corrected chi connectivity index (χ2v) is 18.9. The van der Waals surface area contributed by atoms with Crippen molar-refractivity contribution < 1.29 is 37.3 Å². The molecule has 0 saturated heterocycles. The van der Waals surface area contributed by atoms with Gasteiger partial charge in [0.2, 0.25) is 0 Å². The minimum atomic E-state index is -4.53. The largest absolute Gasteiger partial charge is 0.756 e. The van der Waals surface area contributed by atoms with Gasteiger partial charge in [-0.2, -0.15) is 0 Å². The average molecular weight is 852 g/mol. The summed E-state index contributed by atoms with van der Waals surface area (Å²) in [5, 5.41) is 0. The summed E-state index contributed by atoms with van der Waals surface area (Å²) in [5.74, 6) is -0.355. The van der Waals surface area contributed by atoms with Gasteiger partial charge in [0.1, 0.15) is 19.3 Å². The summed E-state index contributed by atoms with van der Waals surface area (Å²) in [6.07, 6.45) is 52.7. The summed E-state index contributed by atoms with van der Waals surface area (Å²) in [7, 11) is 1.34. The lowest BCUT2D eigenvalue weighted by Gasteiger charge is -2.28. The van der Waals surface area contributed by atoms with Crippen molar-refractivity contribution in [2.45, 2.75) is 213 Å². The SMILES string of the molecule is CC/C=C\C/C=C\C/C=C\C/C=C\CCCCCCC(=O)OC(COCCCCCCCCCCCCCCCCCCCCCC)COP(=O)([O-])OCC[N+](C)(C)C. The molecular formula is C50H94NO7P. The maximum atomic E-state index is 12.7. The number of nitrogens with zero attached hydrogens (tertiary/aromatic N) is 1. The Bertz CT molecular complexity index is 1080. The van der Waals surface area contributed by atoms with E-state index < -0.39 is 13.9 Å². The molecule has 0 amide bonds. The van der Waals surface area contributed by atoms with Crippen LogP contribution in [0.25, 0.3) is 0 Å². The fraction of sp³-hybridized carbons (Fsp3) is 0.820. The number of esters is 1. The number of phosphoric acid groups is 1. The Kier molecular flexibility index (Phi) is 42.0. The first-order chi connectivity index (χ1) is 28.6.